The number of para-hydroxylation sites is 1. The van der Waals surface area contributed by atoms with Crippen molar-refractivity contribution in [1.82, 2.24) is 0 Å². The molecule has 1 aromatic heterocycles. The van der Waals surface area contributed by atoms with Crippen LogP contribution in [0.5, 0.6) is 5.75 Å². The molecule has 4 aromatic rings. The standard InChI is InChI=1S/C28H22N2O7/c1-2-35-28(34)17-7-11-18(12-8-17)30-24(16-9-13-19(14-10-16)36-15-22(29)31)23-25(32)20-5-3-4-6-21(20)37-26(23)27(30)33/h3-14,24H,2,15H2,1H3,(H2,29,31). The number of nitrogens with two attached hydrogens (primary N) is 1. The van der Waals surface area contributed by atoms with Crippen LogP contribution in [-0.4, -0.2) is 31.0 Å². The highest BCUT2D eigenvalue weighted by atomic mass is 16.5. The van der Waals surface area contributed by atoms with Gasteiger partial charge in [-0.1, -0.05) is 24.3 Å². The van der Waals surface area contributed by atoms with Crippen molar-refractivity contribution >= 4 is 34.4 Å². The number of nitrogens with zero attached hydrogens (tertiary/aromatic N) is 1. The minimum Gasteiger partial charge on any atom is -0.484 e. The molecule has 0 bridgehead atoms. The average Bonchev–Trinajstić information content (AvgIpc) is 3.20. The molecule has 0 fully saturated rings. The van der Waals surface area contributed by atoms with Gasteiger partial charge in [0.25, 0.3) is 11.8 Å². The lowest BCUT2D eigenvalue weighted by atomic mass is 9.98. The Hall–Kier alpha value is -4.92. The van der Waals surface area contributed by atoms with Crippen LogP contribution in [-0.2, 0) is 9.53 Å². The van der Waals surface area contributed by atoms with E-state index >= 15 is 0 Å². The van der Waals surface area contributed by atoms with Gasteiger partial charge >= 0.3 is 5.97 Å². The lowest BCUT2D eigenvalue weighted by Gasteiger charge is -2.25. The number of amides is 2. The minimum absolute atomic E-state index is 0.0442. The maximum absolute atomic E-state index is 13.7. The molecule has 2 heterocycles. The molecule has 1 unspecified atom stereocenters. The van der Waals surface area contributed by atoms with E-state index in [1.54, 1.807) is 79.7 Å². The van der Waals surface area contributed by atoms with Crippen LogP contribution < -0.4 is 20.8 Å². The Bertz CT molecular complexity index is 1570. The van der Waals surface area contributed by atoms with Crippen molar-refractivity contribution in [3.05, 3.63) is 105 Å². The molecule has 186 valence electrons. The van der Waals surface area contributed by atoms with Crippen LogP contribution in [0.1, 0.15) is 45.0 Å². The summed E-state index contributed by atoms with van der Waals surface area (Å²) in [5.41, 5.74) is 6.78. The Morgan fingerprint density at radius 3 is 2.35 bits per heavy atom. The largest absolute Gasteiger partial charge is 0.484 e. The van der Waals surface area contributed by atoms with Gasteiger partial charge in [0, 0.05) is 5.69 Å². The van der Waals surface area contributed by atoms with Crippen molar-refractivity contribution < 1.29 is 28.3 Å². The molecular weight excluding hydrogens is 476 g/mol. The molecule has 2 amide bonds. The predicted octanol–water partition coefficient (Wildman–Crippen LogP) is 3.58. The number of ether oxygens (including phenoxy) is 2. The third-order valence-corrected chi connectivity index (χ3v) is 6.01. The van der Waals surface area contributed by atoms with E-state index in [4.69, 9.17) is 19.6 Å². The quantitative estimate of drug-likeness (QED) is 0.386. The van der Waals surface area contributed by atoms with E-state index in [0.717, 1.165) is 0 Å². The number of benzene rings is 3. The molecule has 0 saturated heterocycles. The zero-order valence-electron chi connectivity index (χ0n) is 19.8. The zero-order chi connectivity index (χ0) is 26.1. The van der Waals surface area contributed by atoms with Gasteiger partial charge in [-0.25, -0.2) is 4.79 Å². The molecule has 5 rings (SSSR count). The van der Waals surface area contributed by atoms with Crippen molar-refractivity contribution in [2.24, 2.45) is 5.73 Å². The summed E-state index contributed by atoms with van der Waals surface area (Å²) in [7, 11) is 0. The van der Waals surface area contributed by atoms with Crippen molar-refractivity contribution in [3.8, 4) is 5.75 Å². The van der Waals surface area contributed by atoms with Crippen molar-refractivity contribution in [1.29, 1.82) is 0 Å². The molecular formula is C28H22N2O7. The van der Waals surface area contributed by atoms with Crippen LogP contribution in [0.2, 0.25) is 0 Å². The van der Waals surface area contributed by atoms with E-state index in [2.05, 4.69) is 0 Å². The highest BCUT2D eigenvalue weighted by Gasteiger charge is 2.43. The third kappa shape index (κ3) is 4.31. The van der Waals surface area contributed by atoms with E-state index in [1.807, 2.05) is 0 Å². The molecule has 1 atom stereocenters. The first-order valence-corrected chi connectivity index (χ1v) is 11.6. The Morgan fingerprint density at radius 1 is 0.973 bits per heavy atom. The van der Waals surface area contributed by atoms with Crippen LogP contribution in [0.4, 0.5) is 5.69 Å². The Kier molecular flexibility index (Phi) is 6.19. The number of fused-ring (bicyclic) bond motifs is 2. The summed E-state index contributed by atoms with van der Waals surface area (Å²) in [5.74, 6) is -1.21. The number of anilines is 1. The van der Waals surface area contributed by atoms with Crippen LogP contribution in [0, 0.1) is 0 Å². The normalized spacial score (nSPS) is 14.5. The van der Waals surface area contributed by atoms with Crippen LogP contribution in [0.15, 0.2) is 82.0 Å². The highest BCUT2D eigenvalue weighted by Crippen LogP contribution is 2.41. The number of carbonyl (C=O) groups excluding carboxylic acids is 3. The van der Waals surface area contributed by atoms with E-state index < -0.39 is 23.8 Å². The number of hydrogen-bond donors (Lipinski definition) is 1. The average molecular weight is 498 g/mol. The minimum atomic E-state index is -0.804. The van der Waals surface area contributed by atoms with Gasteiger partial charge in [0.2, 0.25) is 5.76 Å². The van der Waals surface area contributed by atoms with Crippen molar-refractivity contribution in [2.45, 2.75) is 13.0 Å². The summed E-state index contributed by atoms with van der Waals surface area (Å²) in [4.78, 5) is 51.9. The number of rotatable bonds is 7. The fraction of sp³-hybridized carbons (Fsp3) is 0.143. The Labute approximate surface area is 211 Å². The highest BCUT2D eigenvalue weighted by molar-refractivity contribution is 6.10. The van der Waals surface area contributed by atoms with E-state index in [1.165, 1.54) is 4.90 Å². The van der Waals surface area contributed by atoms with Gasteiger partial charge in [0.15, 0.2) is 12.0 Å². The summed E-state index contributed by atoms with van der Waals surface area (Å²) in [5, 5.41) is 0.361. The Balaban J connectivity index is 1.63. The van der Waals surface area contributed by atoms with E-state index in [0.29, 0.717) is 33.5 Å². The van der Waals surface area contributed by atoms with Gasteiger partial charge in [0.05, 0.1) is 29.2 Å². The first-order valence-electron chi connectivity index (χ1n) is 11.6. The summed E-state index contributed by atoms with van der Waals surface area (Å²) in [6.45, 7) is 1.68. The second kappa shape index (κ2) is 9.62. The SMILES string of the molecule is CCOC(=O)c1ccc(N2C(=O)c3oc4ccccc4c(=O)c3C2c2ccc(OCC(N)=O)cc2)cc1. The molecule has 37 heavy (non-hydrogen) atoms. The maximum Gasteiger partial charge on any atom is 0.338 e. The fourth-order valence-corrected chi connectivity index (χ4v) is 4.37. The van der Waals surface area contributed by atoms with Gasteiger partial charge in [-0.3, -0.25) is 19.3 Å². The summed E-state index contributed by atoms with van der Waals surface area (Å²) >= 11 is 0. The summed E-state index contributed by atoms with van der Waals surface area (Å²) in [6, 6.07) is 19.0. The smallest absolute Gasteiger partial charge is 0.338 e. The molecule has 0 saturated carbocycles. The van der Waals surface area contributed by atoms with Crippen LogP contribution >= 0.6 is 0 Å². The number of primary amides is 1. The molecule has 1 aliphatic rings. The molecule has 3 aromatic carbocycles. The topological polar surface area (TPSA) is 129 Å². The molecule has 9 nitrogen and oxygen atoms in total. The fourth-order valence-electron chi connectivity index (χ4n) is 4.37. The number of carbonyl (C=O) groups is 3. The third-order valence-electron chi connectivity index (χ3n) is 6.01. The number of esters is 1. The van der Waals surface area contributed by atoms with Gasteiger partial charge in [-0.2, -0.15) is 0 Å². The second-order valence-electron chi connectivity index (χ2n) is 8.34. The van der Waals surface area contributed by atoms with Crippen LogP contribution in [0.3, 0.4) is 0 Å². The van der Waals surface area contributed by atoms with E-state index in [9.17, 15) is 19.2 Å². The lowest BCUT2D eigenvalue weighted by Crippen LogP contribution is -2.29. The molecule has 0 spiro atoms. The van der Waals surface area contributed by atoms with Gasteiger partial charge in [-0.15, -0.1) is 0 Å². The molecule has 0 aliphatic carbocycles. The van der Waals surface area contributed by atoms with E-state index in [-0.39, 0.29) is 30.0 Å². The summed E-state index contributed by atoms with van der Waals surface area (Å²) in [6.07, 6.45) is 0. The molecule has 1 aliphatic heterocycles. The monoisotopic (exact) mass is 498 g/mol. The molecule has 0 radical (unpaired) electrons. The maximum atomic E-state index is 13.7. The lowest BCUT2D eigenvalue weighted by molar-refractivity contribution is -0.119. The molecule has 2 N–H and O–H groups in total. The number of hydrogen-bond acceptors (Lipinski definition) is 7. The summed E-state index contributed by atoms with van der Waals surface area (Å²) < 4.78 is 16.3. The van der Waals surface area contributed by atoms with Gasteiger partial charge in [-0.05, 0) is 61.0 Å². The van der Waals surface area contributed by atoms with Gasteiger partial charge in [0.1, 0.15) is 11.3 Å². The van der Waals surface area contributed by atoms with Crippen LogP contribution in [0.25, 0.3) is 11.0 Å². The van der Waals surface area contributed by atoms with Crippen molar-refractivity contribution in [3.63, 3.8) is 0 Å². The van der Waals surface area contributed by atoms with Gasteiger partial charge < -0.3 is 19.6 Å². The first kappa shape index (κ1) is 23.8. The van der Waals surface area contributed by atoms with Crippen molar-refractivity contribution in [2.75, 3.05) is 18.1 Å². The first-order chi connectivity index (χ1) is 17.9. The Morgan fingerprint density at radius 2 is 1.68 bits per heavy atom. The predicted molar refractivity (Wildman–Crippen MR) is 135 cm³/mol. The second-order valence-corrected chi connectivity index (χ2v) is 8.34. The zero-order valence-corrected chi connectivity index (χ0v) is 19.8. The molecule has 9 heteroatoms.